The molecule has 2 aromatic carbocycles. The Kier molecular flexibility index (Phi) is 4.26. The summed E-state index contributed by atoms with van der Waals surface area (Å²) >= 11 is 2.84. The van der Waals surface area contributed by atoms with E-state index in [4.69, 9.17) is 0 Å². The molecule has 0 unspecified atom stereocenters. The number of benzene rings is 2. The summed E-state index contributed by atoms with van der Waals surface area (Å²) in [5, 5.41) is 1.89. The first-order valence-electron chi connectivity index (χ1n) is 5.40. The average Bonchev–Trinajstić information content (AvgIpc) is 2.34. The highest BCUT2D eigenvalue weighted by molar-refractivity contribution is 9.10. The van der Waals surface area contributed by atoms with Gasteiger partial charge in [0.25, 0.3) is 5.91 Å². The summed E-state index contributed by atoms with van der Waals surface area (Å²) in [6.07, 6.45) is 0. The van der Waals surface area contributed by atoms with E-state index in [2.05, 4.69) is 15.9 Å². The van der Waals surface area contributed by atoms with Crippen molar-refractivity contribution in [3.8, 4) is 0 Å². The molecule has 0 bridgehead atoms. The first-order valence-corrected chi connectivity index (χ1v) is 6.19. The van der Waals surface area contributed by atoms with E-state index in [1.54, 1.807) is 0 Å². The van der Waals surface area contributed by atoms with E-state index in [-0.39, 0.29) is 4.47 Å². The number of rotatable bonds is 2. The Bertz CT molecular complexity index is 688. The lowest BCUT2D eigenvalue weighted by atomic mass is 10.1. The number of hydrogen-bond acceptors (Lipinski definition) is 1. The van der Waals surface area contributed by atoms with E-state index in [0.717, 1.165) is 12.1 Å². The molecular weight excluding hydrogens is 361 g/mol. The number of carbonyl (C=O) groups excluding carboxylic acids is 1. The van der Waals surface area contributed by atoms with Gasteiger partial charge >= 0.3 is 0 Å². The van der Waals surface area contributed by atoms with Gasteiger partial charge < -0.3 is 5.32 Å². The number of nitrogens with one attached hydrogen (secondary N) is 1. The molecule has 0 atom stereocenters. The van der Waals surface area contributed by atoms with Gasteiger partial charge in [-0.2, -0.15) is 0 Å². The second-order valence-electron chi connectivity index (χ2n) is 3.95. The topological polar surface area (TPSA) is 29.1 Å². The van der Waals surface area contributed by atoms with Gasteiger partial charge in [0.2, 0.25) is 0 Å². The first-order chi connectivity index (χ1) is 9.79. The Morgan fingerprint density at radius 1 is 0.857 bits per heavy atom. The molecule has 0 aromatic heterocycles. The summed E-state index contributed by atoms with van der Waals surface area (Å²) < 4.78 is 65.9. The van der Waals surface area contributed by atoms with Crippen LogP contribution in [0.4, 0.5) is 27.6 Å². The minimum absolute atomic E-state index is 0.0768. The van der Waals surface area contributed by atoms with Crippen LogP contribution < -0.4 is 5.32 Å². The molecule has 8 heteroatoms. The highest BCUT2D eigenvalue weighted by atomic mass is 79.9. The Morgan fingerprint density at radius 2 is 1.33 bits per heavy atom. The molecule has 2 aromatic rings. The van der Waals surface area contributed by atoms with Gasteiger partial charge in [-0.3, -0.25) is 4.79 Å². The maximum atomic E-state index is 13.5. The predicted octanol–water partition coefficient (Wildman–Crippen LogP) is 4.40. The second kappa shape index (κ2) is 5.80. The van der Waals surface area contributed by atoms with Crippen molar-refractivity contribution in [3.63, 3.8) is 0 Å². The van der Waals surface area contributed by atoms with Crippen molar-refractivity contribution in [2.45, 2.75) is 0 Å². The van der Waals surface area contributed by atoms with Crippen LogP contribution in [-0.2, 0) is 0 Å². The van der Waals surface area contributed by atoms with Crippen molar-refractivity contribution in [3.05, 3.63) is 63.4 Å². The maximum absolute atomic E-state index is 13.5. The molecule has 21 heavy (non-hydrogen) atoms. The highest BCUT2D eigenvalue weighted by Gasteiger charge is 2.20. The summed E-state index contributed by atoms with van der Waals surface area (Å²) in [5.41, 5.74) is -1.40. The van der Waals surface area contributed by atoms with Crippen molar-refractivity contribution in [2.75, 3.05) is 5.32 Å². The zero-order valence-electron chi connectivity index (χ0n) is 9.99. The lowest BCUT2D eigenvalue weighted by Crippen LogP contribution is -2.16. The summed E-state index contributed by atoms with van der Waals surface area (Å²) in [5.74, 6) is -8.38. The van der Waals surface area contributed by atoms with Gasteiger partial charge in [0.15, 0.2) is 17.5 Å². The molecule has 0 aliphatic carbocycles. The fourth-order valence-corrected chi connectivity index (χ4v) is 1.98. The van der Waals surface area contributed by atoms with Crippen LogP contribution >= 0.6 is 15.9 Å². The van der Waals surface area contributed by atoms with Crippen LogP contribution in [0.3, 0.4) is 0 Å². The van der Waals surface area contributed by atoms with Gasteiger partial charge in [0.1, 0.15) is 17.2 Å². The van der Waals surface area contributed by atoms with Crippen LogP contribution in [0.25, 0.3) is 0 Å². The van der Waals surface area contributed by atoms with Gasteiger partial charge in [0, 0.05) is 22.3 Å². The highest BCUT2D eigenvalue weighted by Crippen LogP contribution is 2.22. The molecule has 0 saturated carbocycles. The SMILES string of the molecule is O=C(Nc1cc(F)c(F)c(F)c1)c1c(F)cc(Br)cc1F. The Hall–Kier alpha value is -1.96. The van der Waals surface area contributed by atoms with E-state index in [1.807, 2.05) is 5.32 Å². The minimum Gasteiger partial charge on any atom is -0.322 e. The molecule has 2 nitrogen and oxygen atoms in total. The number of hydrogen-bond donors (Lipinski definition) is 1. The van der Waals surface area contributed by atoms with Gasteiger partial charge in [-0.1, -0.05) is 15.9 Å². The van der Waals surface area contributed by atoms with Crippen molar-refractivity contribution >= 4 is 27.5 Å². The molecule has 0 radical (unpaired) electrons. The zero-order chi connectivity index (χ0) is 15.7. The van der Waals surface area contributed by atoms with Crippen LogP contribution in [0, 0.1) is 29.1 Å². The van der Waals surface area contributed by atoms with Crippen molar-refractivity contribution in [2.24, 2.45) is 0 Å². The minimum atomic E-state index is -1.71. The van der Waals surface area contributed by atoms with E-state index < -0.39 is 46.2 Å². The normalized spacial score (nSPS) is 10.6. The van der Waals surface area contributed by atoms with Crippen LogP contribution in [0.15, 0.2) is 28.7 Å². The van der Waals surface area contributed by atoms with Gasteiger partial charge in [-0.05, 0) is 12.1 Å². The number of halogens is 6. The third-order valence-corrected chi connectivity index (χ3v) is 2.93. The Morgan fingerprint density at radius 3 is 1.81 bits per heavy atom. The van der Waals surface area contributed by atoms with E-state index in [0.29, 0.717) is 12.1 Å². The molecular formula is C13H5BrF5NO. The van der Waals surface area contributed by atoms with Crippen LogP contribution in [0.1, 0.15) is 10.4 Å². The quantitative estimate of drug-likeness (QED) is 0.620. The molecule has 0 aliphatic rings. The van der Waals surface area contributed by atoms with Crippen molar-refractivity contribution < 1.29 is 26.7 Å². The molecule has 1 N–H and O–H groups in total. The molecule has 0 aliphatic heterocycles. The monoisotopic (exact) mass is 365 g/mol. The fraction of sp³-hybridized carbons (Fsp3) is 0. The first kappa shape index (κ1) is 15.4. The molecule has 0 spiro atoms. The maximum Gasteiger partial charge on any atom is 0.261 e. The van der Waals surface area contributed by atoms with E-state index in [1.165, 1.54) is 0 Å². The predicted molar refractivity (Wildman–Crippen MR) is 68.3 cm³/mol. The van der Waals surface area contributed by atoms with Gasteiger partial charge in [-0.15, -0.1) is 0 Å². The molecule has 2 rings (SSSR count). The van der Waals surface area contributed by atoms with Crippen LogP contribution in [0.5, 0.6) is 0 Å². The molecule has 0 heterocycles. The molecule has 0 fully saturated rings. The van der Waals surface area contributed by atoms with E-state index >= 15 is 0 Å². The van der Waals surface area contributed by atoms with Gasteiger partial charge in [-0.25, -0.2) is 22.0 Å². The third-order valence-electron chi connectivity index (χ3n) is 2.48. The average molecular weight is 366 g/mol. The smallest absolute Gasteiger partial charge is 0.261 e. The Balaban J connectivity index is 2.35. The van der Waals surface area contributed by atoms with Gasteiger partial charge in [0.05, 0.1) is 0 Å². The molecule has 110 valence electrons. The molecule has 1 amide bonds. The summed E-state index contributed by atoms with van der Waals surface area (Å²) in [4.78, 5) is 11.7. The Labute approximate surface area is 123 Å². The largest absolute Gasteiger partial charge is 0.322 e. The lowest BCUT2D eigenvalue weighted by molar-refractivity contribution is 0.101. The van der Waals surface area contributed by atoms with E-state index in [9.17, 15) is 26.7 Å². The second-order valence-corrected chi connectivity index (χ2v) is 4.87. The summed E-state index contributed by atoms with van der Waals surface area (Å²) in [7, 11) is 0. The summed E-state index contributed by atoms with van der Waals surface area (Å²) in [6.45, 7) is 0. The van der Waals surface area contributed by atoms with Crippen LogP contribution in [0.2, 0.25) is 0 Å². The standard InChI is InChI=1S/C13H5BrF5NO/c14-5-1-7(15)11(8(16)2-5)13(21)20-6-3-9(17)12(19)10(18)4-6/h1-4H,(H,20,21). The third kappa shape index (κ3) is 3.21. The fourth-order valence-electron chi connectivity index (χ4n) is 1.58. The van der Waals surface area contributed by atoms with Crippen molar-refractivity contribution in [1.82, 2.24) is 0 Å². The van der Waals surface area contributed by atoms with Crippen molar-refractivity contribution in [1.29, 1.82) is 0 Å². The lowest BCUT2D eigenvalue weighted by Gasteiger charge is -2.08. The number of carbonyl (C=O) groups is 1. The summed E-state index contributed by atoms with van der Waals surface area (Å²) in [6, 6.07) is 2.68. The number of amides is 1. The number of anilines is 1. The van der Waals surface area contributed by atoms with Crippen LogP contribution in [-0.4, -0.2) is 5.91 Å². The molecule has 0 saturated heterocycles. The zero-order valence-corrected chi connectivity index (χ0v) is 11.6.